The van der Waals surface area contributed by atoms with E-state index in [4.69, 9.17) is 63.3 Å². The maximum atomic E-state index is 13.6. The van der Waals surface area contributed by atoms with E-state index < -0.39 is 52.1 Å². The summed E-state index contributed by atoms with van der Waals surface area (Å²) in [6.07, 6.45) is -3.81. The van der Waals surface area contributed by atoms with E-state index in [1.807, 2.05) is 0 Å². The minimum atomic E-state index is -4.71. The zero-order chi connectivity index (χ0) is 20.0. The quantitative estimate of drug-likeness (QED) is 0.366. The fraction of sp³-hybridized carbons (Fsp3) is 0.154. The number of nitrogens with zero attached hydrogens (tertiary/aromatic N) is 2. The number of alkyl halides is 6. The molecule has 13 heteroatoms. The van der Waals surface area contributed by atoms with Crippen LogP contribution in [0.4, 0.5) is 17.6 Å². The van der Waals surface area contributed by atoms with Crippen LogP contribution in [0, 0.1) is 11.3 Å². The van der Waals surface area contributed by atoms with Crippen molar-refractivity contribution in [3.05, 3.63) is 44.7 Å². The van der Waals surface area contributed by atoms with Gasteiger partial charge in [-0.25, -0.2) is 4.21 Å². The summed E-state index contributed by atoms with van der Waals surface area (Å²) in [4.78, 5) is -0.489. The molecule has 2 aromatic rings. The maximum Gasteiger partial charge on any atom is 0.416 e. The maximum absolute atomic E-state index is 13.6. The van der Waals surface area contributed by atoms with Gasteiger partial charge >= 0.3 is 10.1 Å². The van der Waals surface area contributed by atoms with E-state index in [2.05, 4.69) is 0 Å². The topological polar surface area (TPSA) is 45.8 Å². The summed E-state index contributed by atoms with van der Waals surface area (Å²) in [5.74, 6) is 0. The largest absolute Gasteiger partial charge is 0.416 e. The van der Waals surface area contributed by atoms with Gasteiger partial charge in [0.05, 0.1) is 26.2 Å². The van der Waals surface area contributed by atoms with Crippen molar-refractivity contribution in [2.45, 2.75) is 15.0 Å². The molecule has 0 saturated carbocycles. The predicted molar refractivity (Wildman–Crippen MR) is 92.5 cm³/mol. The van der Waals surface area contributed by atoms with Crippen LogP contribution in [0.5, 0.6) is 0 Å². The van der Waals surface area contributed by atoms with Crippen molar-refractivity contribution < 1.29 is 21.8 Å². The van der Waals surface area contributed by atoms with Gasteiger partial charge in [0.15, 0.2) is 0 Å². The molecule has 0 spiro atoms. The van der Waals surface area contributed by atoms with Crippen LogP contribution in [0.15, 0.2) is 23.2 Å². The minimum absolute atomic E-state index is 0.236. The number of hydrogen-bond donors (Lipinski definition) is 0. The fourth-order valence-corrected chi connectivity index (χ4v) is 4.23. The van der Waals surface area contributed by atoms with Crippen molar-refractivity contribution in [3.63, 3.8) is 0 Å². The van der Waals surface area contributed by atoms with Crippen molar-refractivity contribution in [1.82, 2.24) is 4.57 Å². The second kappa shape index (κ2) is 7.38. The monoisotopic (exact) mass is 486 g/mol. The van der Waals surface area contributed by atoms with Crippen LogP contribution in [-0.2, 0) is 17.0 Å². The second-order valence-corrected chi connectivity index (χ2v) is 9.04. The van der Waals surface area contributed by atoms with Crippen molar-refractivity contribution in [2.75, 3.05) is 0 Å². The molecule has 26 heavy (non-hydrogen) atoms. The zero-order valence-electron chi connectivity index (χ0n) is 11.8. The molecule has 1 heterocycles. The van der Waals surface area contributed by atoms with E-state index in [1.54, 1.807) is 6.07 Å². The minimum Gasteiger partial charge on any atom is -0.302 e. The number of hydrogen-bond acceptors (Lipinski definition) is 2. The lowest BCUT2D eigenvalue weighted by atomic mass is 10.2. The van der Waals surface area contributed by atoms with Crippen LogP contribution in [0.25, 0.3) is 5.69 Å². The van der Waals surface area contributed by atoms with Crippen molar-refractivity contribution in [2.24, 2.45) is 0 Å². The highest BCUT2D eigenvalue weighted by atomic mass is 35.5. The zero-order valence-corrected chi connectivity index (χ0v) is 16.4. The van der Waals surface area contributed by atoms with Gasteiger partial charge in [-0.15, -0.1) is 0 Å². The van der Waals surface area contributed by atoms with E-state index in [-0.39, 0.29) is 5.69 Å². The third-order valence-electron chi connectivity index (χ3n) is 3.02. The molecule has 0 aliphatic heterocycles. The average molecular weight is 489 g/mol. The molecule has 1 aromatic carbocycles. The lowest BCUT2D eigenvalue weighted by Crippen LogP contribution is -2.13. The van der Waals surface area contributed by atoms with Gasteiger partial charge in [0.25, 0.3) is 0 Å². The Morgan fingerprint density at radius 2 is 1.58 bits per heavy atom. The first kappa shape index (κ1) is 21.6. The summed E-state index contributed by atoms with van der Waals surface area (Å²) in [5.41, 5.74) is -1.81. The van der Waals surface area contributed by atoms with Gasteiger partial charge in [-0.05, 0) is 12.1 Å². The molecule has 3 nitrogen and oxygen atoms in total. The van der Waals surface area contributed by atoms with Gasteiger partial charge in [-0.3, -0.25) is 0 Å². The summed E-state index contributed by atoms with van der Waals surface area (Å²) in [6.45, 7) is 0. The normalized spacial score (nSPS) is 13.5. The molecule has 0 bridgehead atoms. The molecular formula is C13H3Cl5F4N2OS. The Bertz CT molecular complexity index is 923. The molecule has 1 aromatic heterocycles. The Morgan fingerprint density at radius 1 is 1.08 bits per heavy atom. The average Bonchev–Trinajstić information content (AvgIpc) is 2.80. The highest BCUT2D eigenvalue weighted by Crippen LogP contribution is 2.41. The van der Waals surface area contributed by atoms with Crippen molar-refractivity contribution in [1.29, 1.82) is 5.26 Å². The molecule has 0 radical (unpaired) electrons. The molecule has 1 atom stereocenters. The Kier molecular flexibility index (Phi) is 6.13. The first-order valence-electron chi connectivity index (χ1n) is 6.15. The molecule has 0 aliphatic carbocycles. The second-order valence-electron chi connectivity index (χ2n) is 4.64. The van der Waals surface area contributed by atoms with Crippen LogP contribution >= 0.6 is 58.0 Å². The molecule has 0 saturated heterocycles. The first-order chi connectivity index (χ1) is 11.8. The Hall–Kier alpha value is -0.690. The van der Waals surface area contributed by atoms with E-state index >= 15 is 0 Å². The summed E-state index contributed by atoms with van der Waals surface area (Å²) < 4.78 is 61.7. The predicted octanol–water partition coefficient (Wildman–Crippen LogP) is 6.49. The summed E-state index contributed by atoms with van der Waals surface area (Å²) in [5, 5.41) is 7.81. The van der Waals surface area contributed by atoms with E-state index in [0.717, 1.165) is 10.8 Å². The molecule has 1 unspecified atom stereocenters. The van der Waals surface area contributed by atoms with Crippen LogP contribution < -0.4 is 0 Å². The highest BCUT2D eigenvalue weighted by molar-refractivity contribution is 7.89. The number of rotatable bonds is 3. The van der Waals surface area contributed by atoms with E-state index in [9.17, 15) is 21.8 Å². The van der Waals surface area contributed by atoms with E-state index in [1.165, 1.54) is 0 Å². The number of halogens is 9. The molecule has 0 N–H and O–H groups in total. The van der Waals surface area contributed by atoms with Gasteiger partial charge < -0.3 is 4.57 Å². The number of aromatic nitrogens is 1. The first-order valence-corrected chi connectivity index (χ1v) is 9.19. The van der Waals surface area contributed by atoms with E-state index in [0.29, 0.717) is 12.1 Å². The lowest BCUT2D eigenvalue weighted by Gasteiger charge is -2.14. The summed E-state index contributed by atoms with van der Waals surface area (Å²) in [6, 6.07) is 2.76. The molecule has 0 amide bonds. The van der Waals surface area contributed by atoms with Crippen molar-refractivity contribution >= 4 is 68.8 Å². The van der Waals surface area contributed by atoms with Crippen LogP contribution in [0.2, 0.25) is 15.2 Å². The third kappa shape index (κ3) is 4.08. The van der Waals surface area contributed by atoms with Crippen LogP contribution in [0.1, 0.15) is 11.1 Å². The highest BCUT2D eigenvalue weighted by Gasteiger charge is 2.37. The molecular weight excluding hydrogens is 485 g/mol. The van der Waals surface area contributed by atoms with Gasteiger partial charge in [0.2, 0.25) is 0 Å². The van der Waals surface area contributed by atoms with Crippen LogP contribution in [0.3, 0.4) is 0 Å². The molecule has 2 rings (SSSR count). The van der Waals surface area contributed by atoms with Gasteiger partial charge in [-0.1, -0.05) is 58.0 Å². The van der Waals surface area contributed by atoms with Gasteiger partial charge in [0.1, 0.15) is 27.6 Å². The third-order valence-corrected chi connectivity index (χ3v) is 5.94. The van der Waals surface area contributed by atoms with Gasteiger partial charge in [-0.2, -0.15) is 22.8 Å². The fourth-order valence-electron chi connectivity index (χ4n) is 1.95. The molecule has 0 fully saturated rings. The Morgan fingerprint density at radius 3 is 1.96 bits per heavy atom. The van der Waals surface area contributed by atoms with Gasteiger partial charge in [0, 0.05) is 6.20 Å². The molecule has 0 aliphatic rings. The smallest absolute Gasteiger partial charge is 0.302 e. The number of benzene rings is 1. The SMILES string of the molecule is N#Cc1c(S(=O)C(F)(Cl)Cl)cn(-c2c(Cl)cc(C(F)(F)F)cc2Cl)c1Cl. The summed E-state index contributed by atoms with van der Waals surface area (Å²) >= 11 is 28.0. The number of nitriles is 1. The standard InChI is InChI=1S/C13H3Cl5F4N2OS/c14-7-1-5(12(19,20)21)2-8(15)10(7)24-4-9(6(3-23)11(24)16)26(25)13(17,18)22/h1-2,4H. The lowest BCUT2D eigenvalue weighted by molar-refractivity contribution is -0.137. The summed E-state index contributed by atoms with van der Waals surface area (Å²) in [7, 11) is -2.74. The van der Waals surface area contributed by atoms with Crippen molar-refractivity contribution in [3.8, 4) is 11.8 Å². The Balaban J connectivity index is 2.74. The molecule has 140 valence electrons. The Labute approximate surface area is 171 Å². The van der Waals surface area contributed by atoms with Crippen LogP contribution in [-0.4, -0.2) is 12.7 Å².